The number of hydrogen-bond acceptors (Lipinski definition) is 5. The second kappa shape index (κ2) is 12.5. The number of hydrogen-bond donors (Lipinski definition) is 0. The van der Waals surface area contributed by atoms with Crippen molar-refractivity contribution in [3.8, 4) is 56.4 Å². The van der Waals surface area contributed by atoms with Crippen LogP contribution in [0, 0.1) is 0 Å². The van der Waals surface area contributed by atoms with Crippen LogP contribution < -0.4 is 0 Å². The molecule has 10 aromatic rings. The largest absolute Gasteiger partial charge is 0.456 e. The van der Waals surface area contributed by atoms with E-state index in [0.29, 0.717) is 17.5 Å². The normalized spacial score (nSPS) is 13.3. The van der Waals surface area contributed by atoms with Gasteiger partial charge < -0.3 is 4.42 Å². The lowest BCUT2D eigenvalue weighted by Crippen LogP contribution is -2.31. The number of nitrogens with zero attached hydrogens (tertiary/aromatic N) is 3. The lowest BCUT2D eigenvalue weighted by molar-refractivity contribution is 0.669. The van der Waals surface area contributed by atoms with Gasteiger partial charge in [0.25, 0.3) is 0 Å². The maximum absolute atomic E-state index is 6.24. The van der Waals surface area contributed by atoms with Gasteiger partial charge in [0, 0.05) is 37.3 Å². The van der Waals surface area contributed by atoms with Crippen molar-refractivity contribution in [3.63, 3.8) is 0 Å². The Kier molecular flexibility index (Phi) is 7.04. The van der Waals surface area contributed by atoms with Crippen LogP contribution in [0.4, 0.5) is 0 Å². The first-order chi connectivity index (χ1) is 28.2. The van der Waals surface area contributed by atoms with Gasteiger partial charge in [-0.05, 0) is 74.8 Å². The third-order valence-electron chi connectivity index (χ3n) is 11.6. The van der Waals surface area contributed by atoms with Crippen LogP contribution in [-0.4, -0.2) is 15.0 Å². The Morgan fingerprint density at radius 3 is 1.63 bits per heavy atom. The van der Waals surface area contributed by atoms with Gasteiger partial charge in [0.15, 0.2) is 17.5 Å². The summed E-state index contributed by atoms with van der Waals surface area (Å²) in [5, 5.41) is 2.16. The van der Waals surface area contributed by atoms with Crippen LogP contribution >= 0.6 is 11.8 Å². The van der Waals surface area contributed by atoms with Crippen LogP contribution in [0.3, 0.4) is 0 Å². The molecule has 0 fully saturated rings. The van der Waals surface area contributed by atoms with Gasteiger partial charge in [0.2, 0.25) is 0 Å². The summed E-state index contributed by atoms with van der Waals surface area (Å²) < 4.78 is 6.24. The Hall–Kier alpha value is -7.08. The zero-order valence-corrected chi connectivity index (χ0v) is 31.4. The number of aromatic nitrogens is 3. The highest BCUT2D eigenvalue weighted by Gasteiger charge is 2.50. The Morgan fingerprint density at radius 1 is 0.351 bits per heavy atom. The Morgan fingerprint density at radius 2 is 0.877 bits per heavy atom. The fourth-order valence-electron chi connectivity index (χ4n) is 9.07. The second-order valence-corrected chi connectivity index (χ2v) is 15.8. The molecule has 3 heterocycles. The molecule has 57 heavy (non-hydrogen) atoms. The van der Waals surface area contributed by atoms with E-state index in [1.54, 1.807) is 0 Å². The fourth-order valence-corrected chi connectivity index (χ4v) is 10.3. The molecular weight excluding hydrogens is 715 g/mol. The van der Waals surface area contributed by atoms with Crippen molar-refractivity contribution in [2.45, 2.75) is 15.2 Å². The Balaban J connectivity index is 0.953. The average molecular weight is 746 g/mol. The maximum Gasteiger partial charge on any atom is 0.164 e. The first-order valence-corrected chi connectivity index (χ1v) is 20.0. The predicted octanol–water partition coefficient (Wildman–Crippen LogP) is 13.3. The van der Waals surface area contributed by atoms with Gasteiger partial charge in [0.1, 0.15) is 11.2 Å². The lowest BCUT2D eigenvalue weighted by atomic mass is 9.67. The number of furan rings is 1. The SMILES string of the molecule is c1ccc(-c2nc(-c3ccc(-c4ccc5c(c4)Sc4ccccc4C54c5ccccc5-c5ccccc54)cc3)nc(-c3ccc4c(c3)oc3ccccc34)n2)cc1. The molecule has 8 aromatic carbocycles. The molecule has 1 spiro atoms. The summed E-state index contributed by atoms with van der Waals surface area (Å²) in [7, 11) is 0. The van der Waals surface area contributed by atoms with E-state index in [1.807, 2.05) is 66.4 Å². The third kappa shape index (κ3) is 4.86. The molecule has 5 heteroatoms. The van der Waals surface area contributed by atoms with Crippen LogP contribution in [0.1, 0.15) is 22.3 Å². The number of rotatable bonds is 4. The van der Waals surface area contributed by atoms with Gasteiger partial charge in [-0.15, -0.1) is 0 Å². The summed E-state index contributed by atoms with van der Waals surface area (Å²) in [6, 6.07) is 66.9. The highest BCUT2D eigenvalue weighted by molar-refractivity contribution is 7.99. The van der Waals surface area contributed by atoms with E-state index in [0.717, 1.165) is 44.2 Å². The molecule has 1 aliphatic carbocycles. The van der Waals surface area contributed by atoms with E-state index in [4.69, 9.17) is 19.4 Å². The van der Waals surface area contributed by atoms with Gasteiger partial charge >= 0.3 is 0 Å². The van der Waals surface area contributed by atoms with Crippen LogP contribution in [0.2, 0.25) is 0 Å². The second-order valence-electron chi connectivity index (χ2n) is 14.7. The molecule has 4 nitrogen and oxygen atoms in total. The van der Waals surface area contributed by atoms with E-state index in [1.165, 1.54) is 48.7 Å². The van der Waals surface area contributed by atoms with E-state index < -0.39 is 0 Å². The van der Waals surface area contributed by atoms with E-state index in [-0.39, 0.29) is 5.41 Å². The summed E-state index contributed by atoms with van der Waals surface area (Å²) in [6.07, 6.45) is 0. The molecule has 2 aliphatic rings. The fraction of sp³-hybridized carbons (Fsp3) is 0.0192. The Bertz CT molecular complexity index is 3180. The quantitative estimate of drug-likeness (QED) is 0.180. The molecular formula is C52H31N3OS. The number of para-hydroxylation sites is 1. The minimum Gasteiger partial charge on any atom is -0.456 e. The zero-order valence-electron chi connectivity index (χ0n) is 30.6. The topological polar surface area (TPSA) is 51.8 Å². The van der Waals surface area contributed by atoms with Crippen LogP contribution in [0.25, 0.3) is 78.4 Å². The highest BCUT2D eigenvalue weighted by Crippen LogP contribution is 2.62. The number of benzene rings is 8. The monoisotopic (exact) mass is 745 g/mol. The maximum atomic E-state index is 6.24. The van der Waals surface area contributed by atoms with Crippen molar-refractivity contribution < 1.29 is 4.42 Å². The molecule has 266 valence electrons. The summed E-state index contributed by atoms with van der Waals surface area (Å²) in [5.74, 6) is 1.84. The molecule has 12 rings (SSSR count). The summed E-state index contributed by atoms with van der Waals surface area (Å²) in [6.45, 7) is 0. The minimum atomic E-state index is -0.380. The molecule has 0 amide bonds. The summed E-state index contributed by atoms with van der Waals surface area (Å²) in [4.78, 5) is 17.6. The van der Waals surface area contributed by atoms with E-state index in [2.05, 4.69) is 133 Å². The van der Waals surface area contributed by atoms with Crippen molar-refractivity contribution in [3.05, 3.63) is 210 Å². The van der Waals surface area contributed by atoms with Crippen molar-refractivity contribution in [1.82, 2.24) is 15.0 Å². The predicted molar refractivity (Wildman–Crippen MR) is 230 cm³/mol. The van der Waals surface area contributed by atoms with Crippen molar-refractivity contribution in [2.24, 2.45) is 0 Å². The molecule has 2 aromatic heterocycles. The molecule has 0 N–H and O–H groups in total. The molecule has 0 saturated heterocycles. The third-order valence-corrected chi connectivity index (χ3v) is 12.8. The van der Waals surface area contributed by atoms with Gasteiger partial charge in [-0.3, -0.25) is 0 Å². The van der Waals surface area contributed by atoms with Gasteiger partial charge in [-0.1, -0.05) is 169 Å². The first kappa shape index (κ1) is 32.2. The van der Waals surface area contributed by atoms with Crippen molar-refractivity contribution in [1.29, 1.82) is 0 Å². The zero-order chi connectivity index (χ0) is 37.5. The van der Waals surface area contributed by atoms with Crippen LogP contribution in [0.15, 0.2) is 202 Å². The van der Waals surface area contributed by atoms with Gasteiger partial charge in [-0.25, -0.2) is 15.0 Å². The molecule has 0 atom stereocenters. The smallest absolute Gasteiger partial charge is 0.164 e. The molecule has 1 aliphatic heterocycles. The van der Waals surface area contributed by atoms with Crippen molar-refractivity contribution >= 4 is 33.7 Å². The average Bonchev–Trinajstić information content (AvgIpc) is 3.80. The molecule has 0 radical (unpaired) electrons. The van der Waals surface area contributed by atoms with E-state index >= 15 is 0 Å². The van der Waals surface area contributed by atoms with Crippen LogP contribution in [-0.2, 0) is 5.41 Å². The summed E-state index contributed by atoms with van der Waals surface area (Å²) in [5.41, 5.74) is 14.3. The number of fused-ring (bicyclic) bond motifs is 12. The van der Waals surface area contributed by atoms with Crippen molar-refractivity contribution in [2.75, 3.05) is 0 Å². The molecule has 0 bridgehead atoms. The first-order valence-electron chi connectivity index (χ1n) is 19.2. The lowest BCUT2D eigenvalue weighted by Gasteiger charge is -2.39. The van der Waals surface area contributed by atoms with Crippen LogP contribution in [0.5, 0.6) is 0 Å². The van der Waals surface area contributed by atoms with E-state index in [9.17, 15) is 0 Å². The molecule has 0 unspecified atom stereocenters. The minimum absolute atomic E-state index is 0.380. The van der Waals surface area contributed by atoms with Gasteiger partial charge in [-0.2, -0.15) is 0 Å². The molecule has 0 saturated carbocycles. The van der Waals surface area contributed by atoms with Gasteiger partial charge in [0.05, 0.1) is 5.41 Å². The standard InChI is InChI=1S/C52H31N3OS/c1-2-12-33(13-3-1)49-53-50(55-51(54-49)36-26-28-40-39-16-6-10-20-45(39)56-46(40)30-36)34-24-22-32(23-25-34)35-27-29-44-48(31-35)57-47-21-11-9-19-43(47)52(44)41-17-7-4-14-37(41)38-15-5-8-18-42(38)52/h1-31H. The highest BCUT2D eigenvalue weighted by atomic mass is 32.2. The summed E-state index contributed by atoms with van der Waals surface area (Å²) >= 11 is 1.87. The Labute approximate surface area is 333 Å².